The summed E-state index contributed by atoms with van der Waals surface area (Å²) in [5, 5.41) is 6.61. The monoisotopic (exact) mass is 377 g/mol. The van der Waals surface area contributed by atoms with E-state index >= 15 is 0 Å². The van der Waals surface area contributed by atoms with Gasteiger partial charge in [-0.25, -0.2) is 9.98 Å². The van der Waals surface area contributed by atoms with E-state index in [2.05, 4.69) is 41.4 Å². The second-order valence-corrected chi connectivity index (χ2v) is 8.60. The lowest BCUT2D eigenvalue weighted by Gasteiger charge is -2.31. The number of hydrogen-bond acceptors (Lipinski definition) is 4. The molecule has 1 aliphatic carbocycles. The van der Waals surface area contributed by atoms with Crippen LogP contribution in [-0.2, 0) is 16.8 Å². The Bertz CT molecular complexity index is 652. The van der Waals surface area contributed by atoms with Crippen LogP contribution < -0.4 is 10.6 Å². The predicted molar refractivity (Wildman–Crippen MR) is 108 cm³/mol. The average Bonchev–Trinajstić information content (AvgIpc) is 3.26. The third-order valence-corrected chi connectivity index (χ3v) is 5.02. The molecule has 0 bridgehead atoms. The highest BCUT2D eigenvalue weighted by Crippen LogP contribution is 2.38. The summed E-state index contributed by atoms with van der Waals surface area (Å²) in [4.78, 5) is 23.3. The van der Waals surface area contributed by atoms with Gasteiger partial charge in [0.2, 0.25) is 11.8 Å². The summed E-state index contributed by atoms with van der Waals surface area (Å²) < 4.78 is 5.81. The second kappa shape index (κ2) is 8.76. The Labute approximate surface area is 163 Å². The van der Waals surface area contributed by atoms with Crippen LogP contribution in [0.5, 0.6) is 0 Å². The molecule has 1 aromatic heterocycles. The van der Waals surface area contributed by atoms with Crippen molar-refractivity contribution >= 4 is 11.9 Å². The van der Waals surface area contributed by atoms with Gasteiger partial charge in [0.1, 0.15) is 12.3 Å². The van der Waals surface area contributed by atoms with E-state index in [0.717, 1.165) is 38.0 Å². The zero-order valence-corrected chi connectivity index (χ0v) is 17.7. The molecule has 7 heteroatoms. The number of aromatic nitrogens is 1. The number of guanidine groups is 1. The summed E-state index contributed by atoms with van der Waals surface area (Å²) in [6.07, 6.45) is 5.81. The molecular weight excluding hydrogens is 342 g/mol. The maximum absolute atomic E-state index is 12.7. The molecule has 7 nitrogen and oxygen atoms in total. The van der Waals surface area contributed by atoms with Gasteiger partial charge in [-0.3, -0.25) is 4.79 Å². The number of amides is 1. The standard InChI is InChI=1S/C20H35N5O2/c1-7-21-18(23-13-16-22-12-15(27-16)19(2,3)4)24-14-20(10-8-9-11-20)17(26)25(5)6/h12H,7-11,13-14H2,1-6H3,(H2,21,23,24). The van der Waals surface area contributed by atoms with Crippen LogP contribution in [0.1, 0.15) is 65.0 Å². The minimum atomic E-state index is -0.331. The summed E-state index contributed by atoms with van der Waals surface area (Å²) in [5.41, 5.74) is -0.402. The molecule has 1 amide bonds. The van der Waals surface area contributed by atoms with Crippen molar-refractivity contribution < 1.29 is 9.21 Å². The van der Waals surface area contributed by atoms with Crippen LogP contribution in [0.25, 0.3) is 0 Å². The molecule has 1 fully saturated rings. The van der Waals surface area contributed by atoms with Gasteiger partial charge in [0, 0.05) is 32.6 Å². The van der Waals surface area contributed by atoms with Crippen LogP contribution in [0.15, 0.2) is 15.6 Å². The number of nitrogens with zero attached hydrogens (tertiary/aromatic N) is 3. The third kappa shape index (κ3) is 5.47. The molecule has 0 aliphatic heterocycles. The van der Waals surface area contributed by atoms with Gasteiger partial charge in [0.05, 0.1) is 11.6 Å². The van der Waals surface area contributed by atoms with Gasteiger partial charge in [-0.05, 0) is 19.8 Å². The molecule has 0 atom stereocenters. The molecule has 1 saturated carbocycles. The Kier molecular flexibility index (Phi) is 6.89. The first-order valence-electron chi connectivity index (χ1n) is 9.87. The lowest BCUT2D eigenvalue weighted by molar-refractivity contribution is -0.138. The van der Waals surface area contributed by atoms with Crippen molar-refractivity contribution in [3.63, 3.8) is 0 Å². The van der Waals surface area contributed by atoms with Crippen LogP contribution in [0.3, 0.4) is 0 Å². The molecule has 0 aromatic carbocycles. The smallest absolute Gasteiger partial charge is 0.230 e. The molecule has 0 unspecified atom stereocenters. The molecule has 2 N–H and O–H groups in total. The summed E-state index contributed by atoms with van der Waals surface area (Å²) in [6.45, 7) is 10.0. The minimum Gasteiger partial charge on any atom is -0.443 e. The lowest BCUT2D eigenvalue weighted by Crippen LogP contribution is -2.49. The maximum atomic E-state index is 12.7. The summed E-state index contributed by atoms with van der Waals surface area (Å²) in [7, 11) is 3.66. The van der Waals surface area contributed by atoms with E-state index in [1.165, 1.54) is 0 Å². The Morgan fingerprint density at radius 3 is 2.48 bits per heavy atom. The fourth-order valence-corrected chi connectivity index (χ4v) is 3.46. The summed E-state index contributed by atoms with van der Waals surface area (Å²) in [6, 6.07) is 0. The second-order valence-electron chi connectivity index (χ2n) is 8.60. The average molecular weight is 378 g/mol. The van der Waals surface area contributed by atoms with Crippen molar-refractivity contribution in [1.82, 2.24) is 20.5 Å². The van der Waals surface area contributed by atoms with Gasteiger partial charge in [0.25, 0.3) is 0 Å². The van der Waals surface area contributed by atoms with E-state index in [4.69, 9.17) is 4.42 Å². The van der Waals surface area contributed by atoms with E-state index < -0.39 is 0 Å². The number of nitrogens with one attached hydrogen (secondary N) is 2. The van der Waals surface area contributed by atoms with Crippen LogP contribution in [0.4, 0.5) is 0 Å². The summed E-state index contributed by atoms with van der Waals surface area (Å²) >= 11 is 0. The lowest BCUT2D eigenvalue weighted by atomic mass is 9.84. The van der Waals surface area contributed by atoms with Crippen LogP contribution in [-0.4, -0.2) is 48.9 Å². The Balaban J connectivity index is 2.04. The first-order valence-corrected chi connectivity index (χ1v) is 9.87. The zero-order chi connectivity index (χ0) is 20.1. The highest BCUT2D eigenvalue weighted by molar-refractivity contribution is 5.85. The maximum Gasteiger partial charge on any atom is 0.230 e. The third-order valence-electron chi connectivity index (χ3n) is 5.02. The molecule has 1 aromatic rings. The normalized spacial score (nSPS) is 17.0. The molecular formula is C20H35N5O2. The minimum absolute atomic E-state index is 0.0703. The number of rotatable bonds is 6. The van der Waals surface area contributed by atoms with Crippen molar-refractivity contribution in [3.8, 4) is 0 Å². The number of aliphatic imine (C=N–C) groups is 1. The SMILES string of the molecule is CCNC(=NCc1ncc(C(C)(C)C)o1)NCC1(C(=O)N(C)C)CCCC1. The van der Waals surface area contributed by atoms with Gasteiger partial charge in [-0.15, -0.1) is 0 Å². The van der Waals surface area contributed by atoms with Crippen molar-refractivity contribution in [2.45, 2.75) is 65.3 Å². The Morgan fingerprint density at radius 2 is 1.96 bits per heavy atom. The highest BCUT2D eigenvalue weighted by Gasteiger charge is 2.42. The number of carbonyl (C=O) groups excluding carboxylic acids is 1. The molecule has 0 saturated heterocycles. The van der Waals surface area contributed by atoms with Crippen molar-refractivity contribution in [2.75, 3.05) is 27.2 Å². The first-order chi connectivity index (χ1) is 12.7. The molecule has 0 spiro atoms. The fraction of sp³-hybridized carbons (Fsp3) is 0.750. The largest absolute Gasteiger partial charge is 0.443 e. The van der Waals surface area contributed by atoms with Crippen molar-refractivity contribution in [3.05, 3.63) is 17.8 Å². The van der Waals surface area contributed by atoms with E-state index in [1.807, 2.05) is 21.0 Å². The molecule has 27 heavy (non-hydrogen) atoms. The topological polar surface area (TPSA) is 82.8 Å². The quantitative estimate of drug-likeness (QED) is 0.588. The fourth-order valence-electron chi connectivity index (χ4n) is 3.46. The van der Waals surface area contributed by atoms with Crippen molar-refractivity contribution in [1.29, 1.82) is 0 Å². The molecule has 2 rings (SSSR count). The predicted octanol–water partition coefficient (Wildman–Crippen LogP) is 2.68. The summed E-state index contributed by atoms with van der Waals surface area (Å²) in [5.74, 6) is 2.33. The molecule has 1 aliphatic rings. The van der Waals surface area contributed by atoms with E-state index in [0.29, 0.717) is 24.9 Å². The van der Waals surface area contributed by atoms with Gasteiger partial charge < -0.3 is 20.0 Å². The van der Waals surface area contributed by atoms with Gasteiger partial charge in [-0.2, -0.15) is 0 Å². The number of oxazole rings is 1. The Morgan fingerprint density at radius 1 is 1.30 bits per heavy atom. The molecule has 152 valence electrons. The van der Waals surface area contributed by atoms with Gasteiger partial charge in [-0.1, -0.05) is 33.6 Å². The molecule has 0 radical (unpaired) electrons. The Hall–Kier alpha value is -2.05. The number of hydrogen-bond donors (Lipinski definition) is 2. The van der Waals surface area contributed by atoms with E-state index in [1.54, 1.807) is 11.1 Å². The van der Waals surface area contributed by atoms with Crippen LogP contribution in [0, 0.1) is 5.41 Å². The number of carbonyl (C=O) groups is 1. The van der Waals surface area contributed by atoms with E-state index in [-0.39, 0.29) is 16.7 Å². The van der Waals surface area contributed by atoms with Gasteiger partial charge in [0.15, 0.2) is 5.96 Å². The van der Waals surface area contributed by atoms with Gasteiger partial charge >= 0.3 is 0 Å². The van der Waals surface area contributed by atoms with E-state index in [9.17, 15) is 4.79 Å². The zero-order valence-electron chi connectivity index (χ0n) is 17.7. The first kappa shape index (κ1) is 21.3. The van der Waals surface area contributed by atoms with Crippen LogP contribution >= 0.6 is 0 Å². The highest BCUT2D eigenvalue weighted by atomic mass is 16.4. The van der Waals surface area contributed by atoms with Crippen LogP contribution in [0.2, 0.25) is 0 Å². The van der Waals surface area contributed by atoms with Crippen molar-refractivity contribution in [2.24, 2.45) is 10.4 Å². The molecule has 1 heterocycles.